The van der Waals surface area contributed by atoms with Crippen LogP contribution in [0.25, 0.3) is 0 Å². The summed E-state index contributed by atoms with van der Waals surface area (Å²) in [5.41, 5.74) is 0.562. The molecule has 5 rings (SSSR count). The van der Waals surface area contributed by atoms with Gasteiger partial charge in [0.2, 0.25) is 0 Å². The zero-order valence-corrected chi connectivity index (χ0v) is 11.8. The molecule has 1 atom stereocenters. The highest BCUT2D eigenvalue weighted by molar-refractivity contribution is 5.35. The second-order valence-corrected chi connectivity index (χ2v) is 7.36. The summed E-state index contributed by atoms with van der Waals surface area (Å²) in [5.74, 6) is 4.13. The number of hydrogen-bond acceptors (Lipinski definition) is 2. The van der Waals surface area contributed by atoms with Crippen LogP contribution in [0.1, 0.15) is 45.4 Å². The molecule has 1 unspecified atom stereocenters. The van der Waals surface area contributed by atoms with Crippen LogP contribution in [-0.4, -0.2) is 11.0 Å². The van der Waals surface area contributed by atoms with Crippen molar-refractivity contribution < 1.29 is 0 Å². The van der Waals surface area contributed by atoms with Gasteiger partial charge in [0.15, 0.2) is 0 Å². The van der Waals surface area contributed by atoms with Crippen molar-refractivity contribution in [2.24, 2.45) is 23.2 Å². The highest BCUT2D eigenvalue weighted by Crippen LogP contribution is 2.61. The molecule has 0 radical (unpaired) electrons. The molecule has 1 aromatic rings. The second-order valence-electron chi connectivity index (χ2n) is 7.36. The van der Waals surface area contributed by atoms with Crippen LogP contribution >= 0.6 is 0 Å². The van der Waals surface area contributed by atoms with E-state index in [0.29, 0.717) is 11.5 Å². The van der Waals surface area contributed by atoms with Gasteiger partial charge in [-0.1, -0.05) is 6.07 Å². The summed E-state index contributed by atoms with van der Waals surface area (Å²) in [7, 11) is 0. The first-order chi connectivity index (χ1) is 9.23. The van der Waals surface area contributed by atoms with Gasteiger partial charge in [0.25, 0.3) is 0 Å². The van der Waals surface area contributed by atoms with Gasteiger partial charge >= 0.3 is 0 Å². The van der Waals surface area contributed by atoms with E-state index in [4.69, 9.17) is 0 Å². The fourth-order valence-corrected chi connectivity index (χ4v) is 5.53. The normalized spacial score (nSPS) is 41.2. The molecule has 0 aliphatic heterocycles. The SMILES string of the molecule is CC(Nc1ccccn1)C12CC3CC(CC(C3)C1)C2. The molecule has 1 aromatic heterocycles. The maximum atomic E-state index is 4.44. The number of aromatic nitrogens is 1. The van der Waals surface area contributed by atoms with Crippen molar-refractivity contribution in [2.45, 2.75) is 51.5 Å². The zero-order chi connectivity index (χ0) is 12.9. The number of anilines is 1. The summed E-state index contributed by atoms with van der Waals surface area (Å²) < 4.78 is 0. The third-order valence-corrected chi connectivity index (χ3v) is 6.03. The van der Waals surface area contributed by atoms with E-state index in [0.717, 1.165) is 23.6 Å². The van der Waals surface area contributed by atoms with Crippen LogP contribution in [0.15, 0.2) is 24.4 Å². The van der Waals surface area contributed by atoms with E-state index in [1.54, 1.807) is 0 Å². The standard InChI is InChI=1S/C17H24N2/c1-12(19-16-4-2-3-5-18-16)17-9-13-6-14(10-17)8-15(7-13)11-17/h2-5,12-15H,6-11H2,1H3,(H,18,19). The van der Waals surface area contributed by atoms with Crippen LogP contribution in [-0.2, 0) is 0 Å². The fraction of sp³-hybridized carbons (Fsp3) is 0.706. The Morgan fingerprint density at radius 2 is 1.74 bits per heavy atom. The van der Waals surface area contributed by atoms with E-state index in [1.165, 1.54) is 38.5 Å². The van der Waals surface area contributed by atoms with Crippen molar-refractivity contribution in [3.63, 3.8) is 0 Å². The minimum absolute atomic E-state index is 0.562. The van der Waals surface area contributed by atoms with Gasteiger partial charge < -0.3 is 5.32 Å². The minimum Gasteiger partial charge on any atom is -0.367 e. The molecule has 1 heterocycles. The first-order valence-electron chi connectivity index (χ1n) is 7.91. The van der Waals surface area contributed by atoms with Gasteiger partial charge in [0.1, 0.15) is 5.82 Å². The second kappa shape index (κ2) is 4.22. The minimum atomic E-state index is 0.562. The number of nitrogens with zero attached hydrogens (tertiary/aromatic N) is 1. The molecule has 4 bridgehead atoms. The van der Waals surface area contributed by atoms with Gasteiger partial charge in [0.05, 0.1) is 0 Å². The molecule has 2 nitrogen and oxygen atoms in total. The number of rotatable bonds is 3. The Bertz CT molecular complexity index is 418. The average molecular weight is 256 g/mol. The van der Waals surface area contributed by atoms with Crippen LogP contribution in [0.5, 0.6) is 0 Å². The summed E-state index contributed by atoms with van der Waals surface area (Å²) in [6.45, 7) is 2.39. The highest BCUT2D eigenvalue weighted by atomic mass is 15.0. The average Bonchev–Trinajstić information content (AvgIpc) is 2.38. The van der Waals surface area contributed by atoms with E-state index in [-0.39, 0.29) is 0 Å². The fourth-order valence-electron chi connectivity index (χ4n) is 5.53. The van der Waals surface area contributed by atoms with Gasteiger partial charge in [-0.25, -0.2) is 4.98 Å². The van der Waals surface area contributed by atoms with Crippen LogP contribution in [0.3, 0.4) is 0 Å². The largest absolute Gasteiger partial charge is 0.367 e. The molecule has 0 saturated heterocycles. The van der Waals surface area contributed by atoms with E-state index < -0.39 is 0 Å². The molecule has 0 aromatic carbocycles. The molecule has 0 amide bonds. The smallest absolute Gasteiger partial charge is 0.126 e. The number of pyridine rings is 1. The lowest BCUT2D eigenvalue weighted by atomic mass is 9.48. The maximum absolute atomic E-state index is 4.44. The summed E-state index contributed by atoms with van der Waals surface area (Å²) in [5, 5.41) is 3.69. The quantitative estimate of drug-likeness (QED) is 0.880. The van der Waals surface area contributed by atoms with Gasteiger partial charge in [-0.05, 0) is 80.8 Å². The summed E-state index contributed by atoms with van der Waals surface area (Å²) >= 11 is 0. The van der Waals surface area contributed by atoms with Crippen molar-refractivity contribution in [1.29, 1.82) is 0 Å². The molecule has 2 heteroatoms. The van der Waals surface area contributed by atoms with Crippen molar-refractivity contribution in [2.75, 3.05) is 5.32 Å². The van der Waals surface area contributed by atoms with Crippen LogP contribution in [0.4, 0.5) is 5.82 Å². The molecular formula is C17H24N2. The zero-order valence-electron chi connectivity index (χ0n) is 11.8. The Kier molecular flexibility index (Phi) is 2.61. The van der Waals surface area contributed by atoms with E-state index >= 15 is 0 Å². The summed E-state index contributed by atoms with van der Waals surface area (Å²) in [6.07, 6.45) is 10.8. The Morgan fingerprint density at radius 3 is 2.26 bits per heavy atom. The molecule has 19 heavy (non-hydrogen) atoms. The van der Waals surface area contributed by atoms with Crippen LogP contribution in [0, 0.1) is 23.2 Å². The maximum Gasteiger partial charge on any atom is 0.126 e. The summed E-state index contributed by atoms with van der Waals surface area (Å²) in [4.78, 5) is 4.44. The van der Waals surface area contributed by atoms with E-state index in [9.17, 15) is 0 Å². The molecule has 4 aliphatic carbocycles. The van der Waals surface area contributed by atoms with Crippen LogP contribution in [0.2, 0.25) is 0 Å². The van der Waals surface area contributed by atoms with Crippen molar-refractivity contribution >= 4 is 5.82 Å². The molecule has 4 aliphatic rings. The summed E-state index contributed by atoms with van der Waals surface area (Å²) in [6, 6.07) is 6.72. The van der Waals surface area contributed by atoms with Gasteiger partial charge in [0, 0.05) is 12.2 Å². The number of hydrogen-bond donors (Lipinski definition) is 1. The predicted octanol–water partition coefficient (Wildman–Crippen LogP) is 4.10. The number of nitrogens with one attached hydrogen (secondary N) is 1. The molecule has 102 valence electrons. The Morgan fingerprint density at radius 1 is 1.11 bits per heavy atom. The first kappa shape index (κ1) is 11.7. The first-order valence-corrected chi connectivity index (χ1v) is 7.91. The molecule has 4 fully saturated rings. The van der Waals surface area contributed by atoms with Gasteiger partial charge in [-0.3, -0.25) is 0 Å². The lowest BCUT2D eigenvalue weighted by Crippen LogP contribution is -2.52. The molecule has 1 N–H and O–H groups in total. The Balaban J connectivity index is 1.55. The third-order valence-electron chi connectivity index (χ3n) is 6.03. The van der Waals surface area contributed by atoms with Gasteiger partial charge in [-0.2, -0.15) is 0 Å². The Labute approximate surface area is 116 Å². The predicted molar refractivity (Wildman–Crippen MR) is 77.9 cm³/mol. The van der Waals surface area contributed by atoms with E-state index in [2.05, 4.69) is 29.4 Å². The highest BCUT2D eigenvalue weighted by Gasteiger charge is 2.53. The molecule has 4 saturated carbocycles. The van der Waals surface area contributed by atoms with Crippen LogP contribution < -0.4 is 5.32 Å². The van der Waals surface area contributed by atoms with E-state index in [1.807, 2.05) is 12.3 Å². The van der Waals surface area contributed by atoms with Crippen molar-refractivity contribution in [3.8, 4) is 0 Å². The molecule has 0 spiro atoms. The monoisotopic (exact) mass is 256 g/mol. The lowest BCUT2D eigenvalue weighted by molar-refractivity contribution is -0.0603. The lowest BCUT2D eigenvalue weighted by Gasteiger charge is -2.59. The molecular weight excluding hydrogens is 232 g/mol. The van der Waals surface area contributed by atoms with Crippen molar-refractivity contribution in [3.05, 3.63) is 24.4 Å². The van der Waals surface area contributed by atoms with Gasteiger partial charge in [-0.15, -0.1) is 0 Å². The topological polar surface area (TPSA) is 24.9 Å². The van der Waals surface area contributed by atoms with Crippen molar-refractivity contribution in [1.82, 2.24) is 4.98 Å². The third kappa shape index (κ3) is 1.96. The Hall–Kier alpha value is -1.05.